The summed E-state index contributed by atoms with van der Waals surface area (Å²) in [5.74, 6) is 0. The maximum Gasteiger partial charge on any atom is 0.141 e. The van der Waals surface area contributed by atoms with Crippen molar-refractivity contribution in [3.63, 3.8) is 0 Å². The van der Waals surface area contributed by atoms with Crippen LogP contribution < -0.4 is 14.0 Å². The predicted molar refractivity (Wildman–Crippen MR) is 149 cm³/mol. The molecule has 202 valence electrons. The van der Waals surface area contributed by atoms with Gasteiger partial charge in [-0.1, -0.05) is 113 Å². The molecule has 4 nitrogen and oxygen atoms in total. The first-order valence-electron chi connectivity index (χ1n) is 12.2. The summed E-state index contributed by atoms with van der Waals surface area (Å²) in [5.41, 5.74) is 1.43. The first-order valence-corrected chi connectivity index (χ1v) is 15.4. The van der Waals surface area contributed by atoms with E-state index in [0.29, 0.717) is 0 Å². The van der Waals surface area contributed by atoms with Gasteiger partial charge in [0.05, 0.1) is 10.2 Å². The second kappa shape index (κ2) is 10.7. The molecular formula is C29H43ClO4S2. The molecule has 0 radical (unpaired) electrons. The molecule has 2 rings (SSSR count). The lowest BCUT2D eigenvalue weighted by Gasteiger charge is -2.32. The Kier molecular flexibility index (Phi) is 9.34. The largest absolute Gasteiger partial charge is 0.182 e. The third-order valence-corrected chi connectivity index (χ3v) is 10.8. The van der Waals surface area contributed by atoms with Gasteiger partial charge in [0.25, 0.3) is 0 Å². The van der Waals surface area contributed by atoms with E-state index in [1.165, 1.54) is 9.81 Å². The third kappa shape index (κ3) is 8.87. The van der Waals surface area contributed by atoms with Crippen LogP contribution in [0.15, 0.2) is 68.4 Å². The highest BCUT2D eigenvalue weighted by Gasteiger charge is 2.38. The first kappa shape index (κ1) is 31.4. The Morgan fingerprint density at radius 3 is 1.61 bits per heavy atom. The smallest absolute Gasteiger partial charge is 0.141 e. The van der Waals surface area contributed by atoms with Gasteiger partial charge in [0.15, 0.2) is 0 Å². The molecule has 2 aliphatic rings. The van der Waals surface area contributed by atoms with Crippen molar-refractivity contribution in [2.24, 2.45) is 21.7 Å². The van der Waals surface area contributed by atoms with Gasteiger partial charge in [-0.15, -0.1) is 0 Å². The molecule has 1 unspecified atom stereocenters. The Bertz CT molecular complexity index is 1050. The molecule has 0 amide bonds. The van der Waals surface area contributed by atoms with Crippen LogP contribution in [0.25, 0.3) is 0 Å². The normalized spacial score (nSPS) is 20.8. The molecule has 0 aliphatic carbocycles. The summed E-state index contributed by atoms with van der Waals surface area (Å²) in [6.07, 6.45) is 14.6. The lowest BCUT2D eigenvalue weighted by atomic mass is 9.89. The molecule has 7 heteroatoms. The van der Waals surface area contributed by atoms with Gasteiger partial charge in [0.2, 0.25) is 0 Å². The number of rotatable bonds is 4. The first-order chi connectivity index (χ1) is 16.0. The number of allylic oxidation sites excluding steroid dienone is 12. The van der Waals surface area contributed by atoms with Crippen molar-refractivity contribution in [1.82, 2.24) is 0 Å². The molecule has 0 N–H and O–H groups in total. The minimum Gasteiger partial charge on any atom is -0.182 e. The van der Waals surface area contributed by atoms with E-state index in [9.17, 15) is 14.0 Å². The van der Waals surface area contributed by atoms with Crippen LogP contribution in [0.4, 0.5) is 0 Å². The molecule has 0 aromatic heterocycles. The predicted octanol–water partition coefficient (Wildman–Crippen LogP) is 6.26. The third-order valence-electron chi connectivity index (χ3n) is 5.48. The van der Waals surface area contributed by atoms with E-state index in [1.807, 2.05) is 77.6 Å². The van der Waals surface area contributed by atoms with Crippen molar-refractivity contribution >= 4 is 27.4 Å². The Morgan fingerprint density at radius 2 is 1.22 bits per heavy atom. The summed E-state index contributed by atoms with van der Waals surface area (Å²) < 4.78 is 39.8. The molecule has 36 heavy (non-hydrogen) atoms. The van der Waals surface area contributed by atoms with Crippen molar-refractivity contribution in [3.8, 4) is 0 Å². The SMILES string of the molecule is CC(C)(C)C1=CC(=C/C=C/C2=CC(C(C)(C)C)=S(O[Cl+3]([O-])([O-])[O-])C(C(C)(C)C)=C2)C=C(C(C)(C)C)S1. The summed E-state index contributed by atoms with van der Waals surface area (Å²) in [7, 11) is -5.83. The minimum absolute atomic E-state index is 0.0578. The Hall–Kier alpha value is -0.860. The highest BCUT2D eigenvalue weighted by atomic mass is 35.7. The van der Waals surface area contributed by atoms with Crippen LogP contribution in [0, 0.1) is 31.9 Å². The summed E-state index contributed by atoms with van der Waals surface area (Å²) in [5, 5.41) is 0. The summed E-state index contributed by atoms with van der Waals surface area (Å²) in [4.78, 5) is 4.24. The topological polar surface area (TPSA) is 78.4 Å². The zero-order chi connectivity index (χ0) is 27.9. The number of halogens is 1. The van der Waals surface area contributed by atoms with Crippen LogP contribution in [0.2, 0.25) is 0 Å². The van der Waals surface area contributed by atoms with Gasteiger partial charge >= 0.3 is 0 Å². The molecule has 0 saturated heterocycles. The zero-order valence-electron chi connectivity index (χ0n) is 23.9. The lowest BCUT2D eigenvalue weighted by molar-refractivity contribution is -1.91. The second-order valence-electron chi connectivity index (χ2n) is 13.4. The van der Waals surface area contributed by atoms with Gasteiger partial charge < -0.3 is 0 Å². The lowest BCUT2D eigenvalue weighted by Crippen LogP contribution is -2.60. The second-order valence-corrected chi connectivity index (χ2v) is 17.1. The van der Waals surface area contributed by atoms with E-state index in [4.69, 9.17) is 3.74 Å². The standard InChI is InChI=1S/C29H43ClO4S2/c1-26(2,3)22-16-20(17-23(35-22)27(4,5)6)14-13-15-21-18-24(28(7,8)9)36(34-30(31,32)33)25(19-21)29(10,11)12/h13-19H,1-12H3/b15-13+. The maximum atomic E-state index is 11.6. The van der Waals surface area contributed by atoms with Crippen LogP contribution in [0.3, 0.4) is 0 Å². The quantitative estimate of drug-likeness (QED) is 0.383. The molecule has 0 fully saturated rings. The Labute approximate surface area is 227 Å². The summed E-state index contributed by atoms with van der Waals surface area (Å²) in [6.45, 7) is 25.4. The van der Waals surface area contributed by atoms with E-state index in [2.05, 4.69) is 59.8 Å². The van der Waals surface area contributed by atoms with Gasteiger partial charge in [-0.3, -0.25) is 0 Å². The molecule has 0 aromatic carbocycles. The van der Waals surface area contributed by atoms with E-state index < -0.39 is 21.0 Å². The average molecular weight is 555 g/mol. The van der Waals surface area contributed by atoms with Gasteiger partial charge in [-0.05, 0) is 66.9 Å². The molecule has 0 bridgehead atoms. The fourth-order valence-electron chi connectivity index (χ4n) is 3.43. The van der Waals surface area contributed by atoms with Gasteiger partial charge in [-0.25, -0.2) is 0 Å². The molecule has 0 spiro atoms. The van der Waals surface area contributed by atoms with Crippen LogP contribution >= 0.6 is 22.5 Å². The minimum atomic E-state index is -4.56. The molecule has 2 heterocycles. The Morgan fingerprint density at radius 1 is 0.722 bits per heavy atom. The van der Waals surface area contributed by atoms with E-state index in [-0.39, 0.29) is 21.7 Å². The Balaban J connectivity index is 2.59. The van der Waals surface area contributed by atoms with E-state index in [0.717, 1.165) is 20.9 Å². The van der Waals surface area contributed by atoms with E-state index >= 15 is 0 Å². The fraction of sp³-hybridized carbons (Fsp3) is 0.552. The molecule has 2 aliphatic heterocycles. The average Bonchev–Trinajstić information content (AvgIpc) is 2.64. The number of hydrogen-bond donors (Lipinski definition) is 0. The van der Waals surface area contributed by atoms with Crippen molar-refractivity contribution in [1.29, 1.82) is 0 Å². The number of hydrogen-bond acceptors (Lipinski definition) is 5. The molecule has 0 saturated carbocycles. The van der Waals surface area contributed by atoms with Crippen molar-refractivity contribution in [2.75, 3.05) is 0 Å². The highest BCUT2D eigenvalue weighted by molar-refractivity contribution is 8.15. The van der Waals surface area contributed by atoms with Gasteiger partial charge in [0.1, 0.15) is 14.5 Å². The van der Waals surface area contributed by atoms with Gasteiger partial charge in [0, 0.05) is 9.77 Å². The zero-order valence-corrected chi connectivity index (χ0v) is 26.3. The fourth-order valence-corrected chi connectivity index (χ4v) is 7.66. The summed E-state index contributed by atoms with van der Waals surface area (Å²) >= 11 is 1.87. The highest BCUT2D eigenvalue weighted by Crippen LogP contribution is 2.49. The molecular weight excluding hydrogens is 512 g/mol. The van der Waals surface area contributed by atoms with Crippen molar-refractivity contribution < 1.29 is 28.0 Å². The van der Waals surface area contributed by atoms with Crippen LogP contribution in [0.5, 0.6) is 0 Å². The summed E-state index contributed by atoms with van der Waals surface area (Å²) in [6, 6.07) is 0. The van der Waals surface area contributed by atoms with Gasteiger partial charge in [-0.2, -0.15) is 14.0 Å². The molecule has 1 atom stereocenters. The molecule has 0 aromatic rings. The van der Waals surface area contributed by atoms with E-state index in [1.54, 1.807) is 0 Å². The van der Waals surface area contributed by atoms with Crippen LogP contribution in [-0.4, -0.2) is 4.86 Å². The van der Waals surface area contributed by atoms with Crippen LogP contribution in [-0.2, 0) is 3.74 Å². The van der Waals surface area contributed by atoms with Crippen molar-refractivity contribution in [3.05, 3.63) is 68.4 Å². The maximum absolute atomic E-state index is 11.6. The van der Waals surface area contributed by atoms with Crippen molar-refractivity contribution in [2.45, 2.75) is 83.1 Å². The number of thioether (sulfide) groups is 1. The van der Waals surface area contributed by atoms with Crippen LogP contribution in [0.1, 0.15) is 83.1 Å². The monoisotopic (exact) mass is 554 g/mol.